The molecule has 0 aliphatic heterocycles. The van der Waals surface area contributed by atoms with Gasteiger partial charge in [-0.05, 0) is 62.9 Å². The molecule has 7 aromatic carbocycles. The molecule has 0 fully saturated rings. The highest BCUT2D eigenvalue weighted by Gasteiger charge is 2.23. The van der Waals surface area contributed by atoms with Crippen LogP contribution >= 0.6 is 0 Å². The molecule has 0 N–H and O–H groups in total. The van der Waals surface area contributed by atoms with Gasteiger partial charge >= 0.3 is 0 Å². The Morgan fingerprint density at radius 3 is 1.90 bits per heavy atom. The lowest BCUT2D eigenvalue weighted by molar-refractivity contribution is 0.669. The minimum absolute atomic E-state index is 0.545. The fourth-order valence-corrected chi connectivity index (χ4v) is 7.22. The molecule has 246 valence electrons. The van der Waals surface area contributed by atoms with E-state index in [-0.39, 0.29) is 0 Å². The van der Waals surface area contributed by atoms with E-state index in [4.69, 9.17) is 19.4 Å². The van der Waals surface area contributed by atoms with Crippen molar-refractivity contribution < 1.29 is 4.42 Å². The molecular formula is C48H33N3O. The molecule has 9 aromatic rings. The van der Waals surface area contributed by atoms with Gasteiger partial charge in [-0.2, -0.15) is 0 Å². The predicted molar refractivity (Wildman–Crippen MR) is 217 cm³/mol. The predicted octanol–water partition coefficient (Wildman–Crippen LogP) is 12.9. The van der Waals surface area contributed by atoms with Gasteiger partial charge in [0, 0.05) is 21.9 Å². The maximum atomic E-state index is 6.55. The first-order valence-corrected chi connectivity index (χ1v) is 17.4. The molecule has 0 atom stereocenters. The summed E-state index contributed by atoms with van der Waals surface area (Å²) in [6.07, 6.45) is 7.83. The average molecular weight is 668 g/mol. The number of benzene rings is 7. The highest BCUT2D eigenvalue weighted by atomic mass is 16.3. The number of fused-ring (bicyclic) bond motifs is 5. The Balaban J connectivity index is 1.41. The summed E-state index contributed by atoms with van der Waals surface area (Å²) in [6, 6.07) is 50.3. The number of furan rings is 1. The van der Waals surface area contributed by atoms with E-state index in [0.717, 1.165) is 82.4 Å². The maximum absolute atomic E-state index is 6.55. The van der Waals surface area contributed by atoms with Gasteiger partial charge in [0.25, 0.3) is 0 Å². The highest BCUT2D eigenvalue weighted by Crippen LogP contribution is 2.41. The molecule has 0 saturated carbocycles. The molecule has 0 unspecified atom stereocenters. The fourth-order valence-electron chi connectivity index (χ4n) is 7.22. The Labute approximate surface area is 301 Å². The van der Waals surface area contributed by atoms with Crippen molar-refractivity contribution in [3.8, 4) is 45.3 Å². The van der Waals surface area contributed by atoms with Gasteiger partial charge in [0.2, 0.25) is 0 Å². The third-order valence-corrected chi connectivity index (χ3v) is 9.69. The standard InChI is InChI=1S/C48H33N3O/c1-3-4-6-16-31(2)35-29-27-33-19-9-11-21-36(33)43(35)47-49-46(41-25-15-24-40-39-23-13-14-26-42(39)52-45(40)41)50-48(51-47)44-37-22-12-10-20-34(37)28-30-38(44)32-17-7-5-8-18-32/h3-30H,1H2,2H3/b6-4-,31-16+. The first-order valence-electron chi connectivity index (χ1n) is 17.4. The summed E-state index contributed by atoms with van der Waals surface area (Å²) in [4.78, 5) is 16.1. The zero-order chi connectivity index (χ0) is 35.0. The lowest BCUT2D eigenvalue weighted by Crippen LogP contribution is -2.03. The summed E-state index contributed by atoms with van der Waals surface area (Å²) in [5, 5.41) is 6.42. The van der Waals surface area contributed by atoms with Crippen molar-refractivity contribution in [3.05, 3.63) is 182 Å². The first kappa shape index (κ1) is 31.1. The number of nitrogens with zero attached hydrogens (tertiary/aromatic N) is 3. The zero-order valence-electron chi connectivity index (χ0n) is 28.6. The minimum Gasteiger partial charge on any atom is -0.455 e. The van der Waals surface area contributed by atoms with Crippen molar-refractivity contribution >= 4 is 49.1 Å². The summed E-state index contributed by atoms with van der Waals surface area (Å²) in [7, 11) is 0. The SMILES string of the molecule is C=C/C=C\C=C(/C)c1ccc2ccccc2c1-c1nc(-c2c(-c3ccccc3)ccc3ccccc23)nc(-c2cccc3c2oc2ccccc23)n1. The second-order valence-corrected chi connectivity index (χ2v) is 12.8. The monoisotopic (exact) mass is 667 g/mol. The molecule has 2 aromatic heterocycles. The first-order chi connectivity index (χ1) is 25.7. The van der Waals surface area contributed by atoms with Gasteiger partial charge in [0.05, 0.1) is 5.56 Å². The van der Waals surface area contributed by atoms with E-state index >= 15 is 0 Å². The van der Waals surface area contributed by atoms with Crippen LogP contribution < -0.4 is 0 Å². The summed E-state index contributed by atoms with van der Waals surface area (Å²) in [5.41, 5.74) is 8.54. The normalized spacial score (nSPS) is 12.1. The number of aromatic nitrogens is 3. The fraction of sp³-hybridized carbons (Fsp3) is 0.0208. The summed E-state index contributed by atoms with van der Waals surface area (Å²) in [5.74, 6) is 1.73. The molecule has 0 radical (unpaired) electrons. The molecule has 9 rings (SSSR count). The van der Waals surface area contributed by atoms with E-state index < -0.39 is 0 Å². The van der Waals surface area contributed by atoms with Crippen molar-refractivity contribution in [2.24, 2.45) is 0 Å². The Hall–Kier alpha value is -6.91. The minimum atomic E-state index is 0.545. The van der Waals surface area contributed by atoms with Gasteiger partial charge in [-0.1, -0.05) is 164 Å². The van der Waals surface area contributed by atoms with Crippen LogP contribution in [-0.2, 0) is 0 Å². The molecular weight excluding hydrogens is 635 g/mol. The molecule has 0 bridgehead atoms. The smallest absolute Gasteiger partial charge is 0.167 e. The second kappa shape index (κ2) is 13.1. The number of hydrogen-bond donors (Lipinski definition) is 0. The van der Waals surface area contributed by atoms with Crippen molar-refractivity contribution in [1.82, 2.24) is 15.0 Å². The van der Waals surface area contributed by atoms with Crippen LogP contribution in [0, 0.1) is 0 Å². The van der Waals surface area contributed by atoms with E-state index in [2.05, 4.69) is 135 Å². The summed E-state index contributed by atoms with van der Waals surface area (Å²) < 4.78 is 6.55. The van der Waals surface area contributed by atoms with Gasteiger partial charge in [-0.15, -0.1) is 0 Å². The number of para-hydroxylation sites is 2. The largest absolute Gasteiger partial charge is 0.455 e. The lowest BCUT2D eigenvalue weighted by Gasteiger charge is -2.17. The van der Waals surface area contributed by atoms with E-state index in [1.54, 1.807) is 6.08 Å². The van der Waals surface area contributed by atoms with Crippen LogP contribution in [0.3, 0.4) is 0 Å². The third kappa shape index (κ3) is 5.38. The molecule has 0 aliphatic rings. The van der Waals surface area contributed by atoms with Crippen molar-refractivity contribution in [1.29, 1.82) is 0 Å². The summed E-state index contributed by atoms with van der Waals surface area (Å²) in [6.45, 7) is 5.97. The van der Waals surface area contributed by atoms with E-state index in [1.165, 1.54) is 0 Å². The molecule has 0 aliphatic carbocycles. The van der Waals surface area contributed by atoms with Crippen LogP contribution in [0.2, 0.25) is 0 Å². The van der Waals surface area contributed by atoms with E-state index in [9.17, 15) is 0 Å². The van der Waals surface area contributed by atoms with Crippen LogP contribution in [0.5, 0.6) is 0 Å². The number of rotatable bonds is 7. The van der Waals surface area contributed by atoms with Crippen molar-refractivity contribution in [2.75, 3.05) is 0 Å². The van der Waals surface area contributed by atoms with Gasteiger partial charge < -0.3 is 4.42 Å². The van der Waals surface area contributed by atoms with Gasteiger partial charge in [0.15, 0.2) is 17.5 Å². The second-order valence-electron chi connectivity index (χ2n) is 12.8. The molecule has 4 heteroatoms. The van der Waals surface area contributed by atoms with E-state index in [1.807, 2.05) is 42.5 Å². The van der Waals surface area contributed by atoms with Crippen LogP contribution in [0.1, 0.15) is 12.5 Å². The Bertz CT molecular complexity index is 2880. The third-order valence-electron chi connectivity index (χ3n) is 9.69. The summed E-state index contributed by atoms with van der Waals surface area (Å²) >= 11 is 0. The molecule has 4 nitrogen and oxygen atoms in total. The topological polar surface area (TPSA) is 51.8 Å². The van der Waals surface area contributed by atoms with Crippen molar-refractivity contribution in [2.45, 2.75) is 6.92 Å². The van der Waals surface area contributed by atoms with Crippen molar-refractivity contribution in [3.63, 3.8) is 0 Å². The highest BCUT2D eigenvalue weighted by molar-refractivity contribution is 6.10. The molecule has 0 spiro atoms. The Morgan fingerprint density at radius 1 is 0.519 bits per heavy atom. The van der Waals surface area contributed by atoms with E-state index in [0.29, 0.717) is 17.5 Å². The number of allylic oxidation sites excluding steroid dienone is 5. The zero-order valence-corrected chi connectivity index (χ0v) is 28.6. The number of hydrogen-bond acceptors (Lipinski definition) is 4. The van der Waals surface area contributed by atoms with Crippen LogP contribution in [0.15, 0.2) is 181 Å². The molecule has 52 heavy (non-hydrogen) atoms. The van der Waals surface area contributed by atoms with Gasteiger partial charge in [0.1, 0.15) is 11.2 Å². The Morgan fingerprint density at radius 2 is 1.13 bits per heavy atom. The molecule has 0 amide bonds. The van der Waals surface area contributed by atoms with Gasteiger partial charge in [-0.25, -0.2) is 15.0 Å². The quantitative estimate of drug-likeness (QED) is 0.159. The average Bonchev–Trinajstić information content (AvgIpc) is 3.59. The molecule has 0 saturated heterocycles. The molecule has 2 heterocycles. The maximum Gasteiger partial charge on any atom is 0.167 e. The van der Waals surface area contributed by atoms with Gasteiger partial charge in [-0.3, -0.25) is 0 Å². The Kier molecular flexibility index (Phi) is 7.83. The lowest BCUT2D eigenvalue weighted by atomic mass is 9.92. The van der Waals surface area contributed by atoms with Crippen LogP contribution in [-0.4, -0.2) is 15.0 Å². The van der Waals surface area contributed by atoms with Crippen LogP contribution in [0.4, 0.5) is 0 Å². The van der Waals surface area contributed by atoms with Crippen LogP contribution in [0.25, 0.3) is 94.3 Å².